The van der Waals surface area contributed by atoms with Crippen LogP contribution in [0.4, 0.5) is 24.8 Å². The number of benzene rings is 1. The van der Waals surface area contributed by atoms with Crippen molar-refractivity contribution >= 4 is 34.1 Å². The van der Waals surface area contributed by atoms with Crippen molar-refractivity contribution in [2.75, 3.05) is 11.1 Å². The van der Waals surface area contributed by atoms with Crippen LogP contribution >= 0.6 is 11.6 Å². The number of nitrogens with one attached hydrogen (secondary N) is 2. The molecule has 33 heavy (non-hydrogen) atoms. The molecule has 14 heteroatoms. The molecule has 3 heterocycles. The summed E-state index contributed by atoms with van der Waals surface area (Å²) in [5.41, 5.74) is 4.02. The van der Waals surface area contributed by atoms with Crippen LogP contribution in [-0.4, -0.2) is 29.7 Å². The molecule has 0 spiro atoms. The zero-order valence-electron chi connectivity index (χ0n) is 16.6. The lowest BCUT2D eigenvalue weighted by Crippen LogP contribution is -2.28. The number of rotatable bonds is 4. The molecule has 4 rings (SSSR count). The third kappa shape index (κ3) is 3.92. The maximum Gasteiger partial charge on any atom is 0.432 e. The van der Waals surface area contributed by atoms with Crippen LogP contribution in [-0.2, 0) is 6.18 Å². The van der Waals surface area contributed by atoms with E-state index in [1.807, 2.05) is 11.2 Å². The van der Waals surface area contributed by atoms with E-state index in [1.54, 1.807) is 13.0 Å². The Morgan fingerprint density at radius 1 is 1.33 bits per heavy atom. The van der Waals surface area contributed by atoms with E-state index in [-0.39, 0.29) is 44.8 Å². The summed E-state index contributed by atoms with van der Waals surface area (Å²) < 4.78 is 40.3. The van der Waals surface area contributed by atoms with Crippen LogP contribution in [0.25, 0.3) is 16.7 Å². The molecular formula is C19H13ClF3N9O. The highest BCUT2D eigenvalue weighted by molar-refractivity contribution is 6.35. The first-order valence-electron chi connectivity index (χ1n) is 9.23. The monoisotopic (exact) mass is 475 g/mol. The van der Waals surface area contributed by atoms with Crippen molar-refractivity contribution in [2.45, 2.75) is 19.1 Å². The molecule has 4 N–H and O–H groups in total. The van der Waals surface area contributed by atoms with E-state index in [4.69, 9.17) is 17.3 Å². The highest BCUT2D eigenvalue weighted by Gasteiger charge is 2.34. The van der Waals surface area contributed by atoms with Crippen LogP contribution in [0.1, 0.15) is 30.0 Å². The molecule has 0 aliphatic rings. The van der Waals surface area contributed by atoms with Gasteiger partial charge < -0.3 is 11.1 Å². The fraction of sp³-hybridized carbons (Fsp3) is 0.158. The molecule has 1 atom stereocenters. The second-order valence-corrected chi connectivity index (χ2v) is 7.25. The van der Waals surface area contributed by atoms with Gasteiger partial charge >= 0.3 is 6.18 Å². The lowest BCUT2D eigenvalue weighted by atomic mass is 10.2. The highest BCUT2D eigenvalue weighted by Crippen LogP contribution is 2.30. The molecule has 1 aromatic carbocycles. The summed E-state index contributed by atoms with van der Waals surface area (Å²) in [4.78, 5) is 25.5. The molecule has 0 unspecified atom stereocenters. The van der Waals surface area contributed by atoms with Gasteiger partial charge in [-0.2, -0.15) is 23.5 Å². The Hall–Kier alpha value is -4.18. The fourth-order valence-electron chi connectivity index (χ4n) is 3.18. The van der Waals surface area contributed by atoms with Gasteiger partial charge in [-0.05, 0) is 19.1 Å². The number of alkyl halides is 3. The summed E-state index contributed by atoms with van der Waals surface area (Å²) in [6.07, 6.45) is -3.57. The zero-order chi connectivity index (χ0) is 23.9. The van der Waals surface area contributed by atoms with Gasteiger partial charge in [-0.3, -0.25) is 9.89 Å². The minimum Gasteiger partial charge on any atom is -0.382 e. The average molecular weight is 476 g/mol. The smallest absolute Gasteiger partial charge is 0.382 e. The molecule has 0 saturated carbocycles. The Bertz CT molecular complexity index is 1470. The van der Waals surface area contributed by atoms with Crippen molar-refractivity contribution in [3.05, 3.63) is 63.1 Å². The Balaban J connectivity index is 1.93. The van der Waals surface area contributed by atoms with Crippen molar-refractivity contribution < 1.29 is 13.2 Å². The second-order valence-electron chi connectivity index (χ2n) is 6.84. The van der Waals surface area contributed by atoms with E-state index in [1.165, 1.54) is 12.1 Å². The van der Waals surface area contributed by atoms with Crippen molar-refractivity contribution in [1.82, 2.24) is 29.7 Å². The Morgan fingerprint density at radius 3 is 2.76 bits per heavy atom. The van der Waals surface area contributed by atoms with Crippen LogP contribution in [0.2, 0.25) is 5.02 Å². The molecule has 0 aliphatic heterocycles. The Kier molecular flexibility index (Phi) is 5.38. The van der Waals surface area contributed by atoms with Gasteiger partial charge in [0.1, 0.15) is 41.1 Å². The van der Waals surface area contributed by atoms with Gasteiger partial charge in [0, 0.05) is 6.07 Å². The van der Waals surface area contributed by atoms with E-state index in [0.717, 1.165) is 10.9 Å². The number of halogens is 4. The van der Waals surface area contributed by atoms with Gasteiger partial charge in [-0.15, -0.1) is 0 Å². The minimum atomic E-state index is -4.71. The number of aromatic amines is 1. The Morgan fingerprint density at radius 2 is 2.09 bits per heavy atom. The topological polar surface area (TPSA) is 151 Å². The molecule has 0 radical (unpaired) electrons. The minimum absolute atomic E-state index is 0.00364. The van der Waals surface area contributed by atoms with Gasteiger partial charge in [-0.25, -0.2) is 19.5 Å². The molecule has 0 aliphatic carbocycles. The predicted molar refractivity (Wildman–Crippen MR) is 113 cm³/mol. The molecule has 0 bridgehead atoms. The van der Waals surface area contributed by atoms with Gasteiger partial charge in [0.15, 0.2) is 5.82 Å². The highest BCUT2D eigenvalue weighted by atomic mass is 35.5. The molecule has 10 nitrogen and oxygen atoms in total. The molecule has 0 amide bonds. The summed E-state index contributed by atoms with van der Waals surface area (Å²) in [6.45, 7) is 1.57. The third-order valence-electron chi connectivity index (χ3n) is 4.70. The number of hydrogen-bond acceptors (Lipinski definition) is 8. The van der Waals surface area contributed by atoms with E-state index < -0.39 is 23.5 Å². The maximum absolute atomic E-state index is 13.3. The quantitative estimate of drug-likeness (QED) is 0.407. The SMILES string of the molecule is C[C@H](Nc1ncnc(N)c1C#N)c1nc2cccc(Cl)c2c(=O)n1-c1cc(C(F)(F)F)[nH]n1. The number of nitriles is 1. The summed E-state index contributed by atoms with van der Waals surface area (Å²) >= 11 is 6.17. The first-order valence-corrected chi connectivity index (χ1v) is 9.61. The van der Waals surface area contributed by atoms with Crippen molar-refractivity contribution in [3.63, 3.8) is 0 Å². The second kappa shape index (κ2) is 8.06. The van der Waals surface area contributed by atoms with Gasteiger partial charge in [-0.1, -0.05) is 17.7 Å². The molecule has 0 fully saturated rings. The Labute approximate surface area is 187 Å². The number of nitrogens with two attached hydrogens (primary N) is 1. The largest absolute Gasteiger partial charge is 0.432 e. The van der Waals surface area contributed by atoms with Crippen LogP contribution < -0.4 is 16.6 Å². The number of aromatic nitrogens is 6. The molecule has 4 aromatic rings. The maximum atomic E-state index is 13.3. The number of hydrogen-bond donors (Lipinski definition) is 3. The number of anilines is 2. The average Bonchev–Trinajstić information content (AvgIpc) is 3.24. The van der Waals surface area contributed by atoms with Crippen LogP contribution in [0.5, 0.6) is 0 Å². The lowest BCUT2D eigenvalue weighted by molar-refractivity contribution is -0.141. The number of nitrogen functional groups attached to an aromatic ring is 1. The molecule has 168 valence electrons. The fourth-order valence-corrected chi connectivity index (χ4v) is 3.43. The van der Waals surface area contributed by atoms with E-state index >= 15 is 0 Å². The standard InChI is InChI=1S/C19H13ClF3N9O/c1-8(28-16-9(6-24)15(25)26-7-27-16)17-29-11-4-2-3-10(20)14(11)18(33)32(17)13-5-12(30-31-13)19(21,22)23/h2-5,7-8H,1H3,(H,30,31)(H3,25,26,27,28)/t8-/m0/s1. The summed E-state index contributed by atoms with van der Waals surface area (Å²) in [5.74, 6) is -0.355. The van der Waals surface area contributed by atoms with Gasteiger partial charge in [0.2, 0.25) is 0 Å². The molecule has 3 aromatic heterocycles. The van der Waals surface area contributed by atoms with Crippen LogP contribution in [0.15, 0.2) is 35.4 Å². The first kappa shape index (κ1) is 22.0. The van der Waals surface area contributed by atoms with Crippen LogP contribution in [0.3, 0.4) is 0 Å². The van der Waals surface area contributed by atoms with Crippen molar-refractivity contribution in [3.8, 4) is 11.9 Å². The van der Waals surface area contributed by atoms with Crippen LogP contribution in [0, 0.1) is 11.3 Å². The number of H-pyrrole nitrogens is 1. The van der Waals surface area contributed by atoms with Crippen molar-refractivity contribution in [2.24, 2.45) is 0 Å². The predicted octanol–water partition coefficient (Wildman–Crippen LogP) is 3.20. The van der Waals surface area contributed by atoms with E-state index in [2.05, 4.69) is 25.4 Å². The summed E-state index contributed by atoms with van der Waals surface area (Å²) in [6, 6.07) is 6.31. The van der Waals surface area contributed by atoms with Gasteiger partial charge in [0.25, 0.3) is 5.56 Å². The van der Waals surface area contributed by atoms with Crippen molar-refractivity contribution in [1.29, 1.82) is 5.26 Å². The normalized spacial score (nSPS) is 12.5. The summed E-state index contributed by atoms with van der Waals surface area (Å²) in [5, 5.41) is 17.9. The lowest BCUT2D eigenvalue weighted by Gasteiger charge is -2.19. The molecule has 0 saturated heterocycles. The zero-order valence-corrected chi connectivity index (χ0v) is 17.4. The van der Waals surface area contributed by atoms with E-state index in [9.17, 15) is 23.2 Å². The number of fused-ring (bicyclic) bond motifs is 1. The first-order chi connectivity index (χ1) is 15.6. The number of nitrogens with zero attached hydrogens (tertiary/aromatic N) is 6. The third-order valence-corrected chi connectivity index (χ3v) is 5.02. The van der Waals surface area contributed by atoms with E-state index in [0.29, 0.717) is 6.07 Å². The summed E-state index contributed by atoms with van der Waals surface area (Å²) in [7, 11) is 0. The molecular weight excluding hydrogens is 463 g/mol. The van der Waals surface area contributed by atoms with Gasteiger partial charge in [0.05, 0.1) is 22.0 Å².